The Labute approximate surface area is 132 Å². The predicted molar refractivity (Wildman–Crippen MR) is 93.2 cm³/mol. The van der Waals surface area contributed by atoms with E-state index in [1.807, 2.05) is 12.1 Å². The number of aryl methyl sites for hydroxylation is 1. The maximum atomic E-state index is 11.3. The van der Waals surface area contributed by atoms with Crippen molar-refractivity contribution in [2.45, 2.75) is 64.7 Å². The SMILES string of the molecule is CCCCCCCCCCc1cc(N)cc2oc(=O)ccc12. The van der Waals surface area contributed by atoms with Crippen molar-refractivity contribution in [1.29, 1.82) is 0 Å². The van der Waals surface area contributed by atoms with Crippen LogP contribution in [0.2, 0.25) is 0 Å². The summed E-state index contributed by atoms with van der Waals surface area (Å²) in [6.07, 6.45) is 11.4. The lowest BCUT2D eigenvalue weighted by Gasteiger charge is -2.07. The summed E-state index contributed by atoms with van der Waals surface area (Å²) in [5.74, 6) is 0. The predicted octanol–water partition coefficient (Wildman–Crippen LogP) is 5.06. The summed E-state index contributed by atoms with van der Waals surface area (Å²) in [6, 6.07) is 7.06. The zero-order valence-electron chi connectivity index (χ0n) is 13.6. The van der Waals surface area contributed by atoms with E-state index in [-0.39, 0.29) is 5.63 Å². The Balaban J connectivity index is 1.85. The molecular weight excluding hydrogens is 274 g/mol. The van der Waals surface area contributed by atoms with Gasteiger partial charge in [0.05, 0.1) is 0 Å². The van der Waals surface area contributed by atoms with Gasteiger partial charge in [-0.05, 0) is 30.5 Å². The molecule has 0 bridgehead atoms. The van der Waals surface area contributed by atoms with Gasteiger partial charge in [0, 0.05) is 23.2 Å². The van der Waals surface area contributed by atoms with Gasteiger partial charge in [0.1, 0.15) is 5.58 Å². The second kappa shape index (κ2) is 8.62. The molecule has 0 fully saturated rings. The minimum Gasteiger partial charge on any atom is -0.423 e. The zero-order valence-corrected chi connectivity index (χ0v) is 13.6. The molecule has 22 heavy (non-hydrogen) atoms. The van der Waals surface area contributed by atoms with E-state index in [2.05, 4.69) is 6.92 Å². The van der Waals surface area contributed by atoms with E-state index in [1.165, 1.54) is 56.6 Å². The number of anilines is 1. The second-order valence-electron chi connectivity index (χ2n) is 6.07. The Morgan fingerprint density at radius 2 is 1.64 bits per heavy atom. The summed E-state index contributed by atoms with van der Waals surface area (Å²) in [6.45, 7) is 2.25. The first-order valence-electron chi connectivity index (χ1n) is 8.53. The summed E-state index contributed by atoms with van der Waals surface area (Å²) < 4.78 is 5.23. The summed E-state index contributed by atoms with van der Waals surface area (Å²) in [5.41, 5.74) is 8.04. The van der Waals surface area contributed by atoms with Crippen molar-refractivity contribution in [3.8, 4) is 0 Å². The van der Waals surface area contributed by atoms with E-state index in [9.17, 15) is 4.79 Å². The smallest absolute Gasteiger partial charge is 0.336 e. The van der Waals surface area contributed by atoms with Crippen molar-refractivity contribution in [3.05, 3.63) is 40.2 Å². The molecule has 0 aliphatic heterocycles. The molecule has 1 aromatic heterocycles. The van der Waals surface area contributed by atoms with Crippen LogP contribution < -0.4 is 11.4 Å². The van der Waals surface area contributed by atoms with Crippen molar-refractivity contribution in [3.63, 3.8) is 0 Å². The lowest BCUT2D eigenvalue weighted by Crippen LogP contribution is -1.98. The summed E-state index contributed by atoms with van der Waals surface area (Å²) in [5, 5.41) is 1.01. The third-order valence-electron chi connectivity index (χ3n) is 4.15. The van der Waals surface area contributed by atoms with Gasteiger partial charge in [-0.1, -0.05) is 51.9 Å². The van der Waals surface area contributed by atoms with E-state index >= 15 is 0 Å². The van der Waals surface area contributed by atoms with Crippen LogP contribution in [0.15, 0.2) is 33.5 Å². The van der Waals surface area contributed by atoms with E-state index in [4.69, 9.17) is 10.2 Å². The molecule has 0 radical (unpaired) electrons. The molecule has 1 aromatic carbocycles. The van der Waals surface area contributed by atoms with Crippen molar-refractivity contribution >= 4 is 16.7 Å². The summed E-state index contributed by atoms with van der Waals surface area (Å²) in [4.78, 5) is 11.3. The standard InChI is InChI=1S/C19H27NO2/c1-2-3-4-5-6-7-8-9-10-15-13-16(20)14-18-17(15)11-12-19(21)22-18/h11-14H,2-10,20H2,1H3. The van der Waals surface area contributed by atoms with Crippen LogP contribution in [-0.4, -0.2) is 0 Å². The Kier molecular flexibility index (Phi) is 6.50. The minimum atomic E-state index is -0.323. The van der Waals surface area contributed by atoms with Crippen LogP contribution in [0.25, 0.3) is 11.0 Å². The first-order chi connectivity index (χ1) is 10.7. The van der Waals surface area contributed by atoms with E-state index in [1.54, 1.807) is 6.07 Å². The molecule has 0 unspecified atom stereocenters. The van der Waals surface area contributed by atoms with Crippen LogP contribution in [0.1, 0.15) is 63.9 Å². The van der Waals surface area contributed by atoms with Gasteiger partial charge in [-0.3, -0.25) is 0 Å². The lowest BCUT2D eigenvalue weighted by molar-refractivity contribution is 0.560. The molecule has 0 spiro atoms. The number of fused-ring (bicyclic) bond motifs is 1. The molecule has 2 rings (SSSR count). The Hall–Kier alpha value is -1.77. The molecule has 0 aliphatic rings. The number of benzene rings is 1. The molecule has 0 saturated carbocycles. The molecule has 2 N–H and O–H groups in total. The topological polar surface area (TPSA) is 56.2 Å². The number of nitrogens with two attached hydrogens (primary N) is 1. The van der Waals surface area contributed by atoms with Gasteiger partial charge in [-0.25, -0.2) is 4.79 Å². The van der Waals surface area contributed by atoms with Crippen LogP contribution in [0.4, 0.5) is 5.69 Å². The fourth-order valence-electron chi connectivity index (χ4n) is 2.93. The largest absolute Gasteiger partial charge is 0.423 e. The van der Waals surface area contributed by atoms with Gasteiger partial charge in [0.2, 0.25) is 0 Å². The van der Waals surface area contributed by atoms with Crippen LogP contribution >= 0.6 is 0 Å². The van der Waals surface area contributed by atoms with Crippen molar-refractivity contribution in [2.24, 2.45) is 0 Å². The van der Waals surface area contributed by atoms with E-state index < -0.39 is 0 Å². The second-order valence-corrected chi connectivity index (χ2v) is 6.07. The summed E-state index contributed by atoms with van der Waals surface area (Å²) in [7, 11) is 0. The monoisotopic (exact) mass is 301 g/mol. The summed E-state index contributed by atoms with van der Waals surface area (Å²) >= 11 is 0. The maximum Gasteiger partial charge on any atom is 0.336 e. The third kappa shape index (κ3) is 4.90. The lowest BCUT2D eigenvalue weighted by atomic mass is 10.0. The van der Waals surface area contributed by atoms with Crippen LogP contribution in [0.5, 0.6) is 0 Å². The molecule has 1 heterocycles. The quantitative estimate of drug-likeness (QED) is 0.400. The average molecular weight is 301 g/mol. The molecule has 3 heteroatoms. The van der Waals surface area contributed by atoms with Crippen LogP contribution in [0, 0.1) is 0 Å². The highest BCUT2D eigenvalue weighted by molar-refractivity contribution is 5.83. The van der Waals surface area contributed by atoms with Gasteiger partial charge >= 0.3 is 5.63 Å². The number of hydrogen-bond donors (Lipinski definition) is 1. The number of hydrogen-bond acceptors (Lipinski definition) is 3. The average Bonchev–Trinajstić information content (AvgIpc) is 2.49. The first kappa shape index (κ1) is 16.6. The van der Waals surface area contributed by atoms with Gasteiger partial charge < -0.3 is 10.2 Å². The highest BCUT2D eigenvalue weighted by Gasteiger charge is 2.05. The molecule has 0 atom stereocenters. The number of unbranched alkanes of at least 4 members (excludes halogenated alkanes) is 7. The molecular formula is C19H27NO2. The van der Waals surface area contributed by atoms with Crippen molar-refractivity contribution in [2.75, 3.05) is 5.73 Å². The number of rotatable bonds is 9. The zero-order chi connectivity index (χ0) is 15.8. The van der Waals surface area contributed by atoms with Crippen LogP contribution in [0.3, 0.4) is 0 Å². The molecule has 3 nitrogen and oxygen atoms in total. The molecule has 0 amide bonds. The van der Waals surface area contributed by atoms with Gasteiger partial charge in [0.15, 0.2) is 0 Å². The van der Waals surface area contributed by atoms with E-state index in [0.29, 0.717) is 11.3 Å². The third-order valence-corrected chi connectivity index (χ3v) is 4.15. The fraction of sp³-hybridized carbons (Fsp3) is 0.526. The van der Waals surface area contributed by atoms with E-state index in [0.717, 1.165) is 18.2 Å². The molecule has 0 aliphatic carbocycles. The van der Waals surface area contributed by atoms with Crippen LogP contribution in [-0.2, 0) is 6.42 Å². The van der Waals surface area contributed by atoms with Crippen molar-refractivity contribution in [1.82, 2.24) is 0 Å². The Morgan fingerprint density at radius 3 is 2.36 bits per heavy atom. The Morgan fingerprint density at radius 1 is 0.955 bits per heavy atom. The maximum absolute atomic E-state index is 11.3. The fourth-order valence-corrected chi connectivity index (χ4v) is 2.93. The molecule has 0 saturated heterocycles. The van der Waals surface area contributed by atoms with Gasteiger partial charge in [-0.15, -0.1) is 0 Å². The normalized spacial score (nSPS) is 11.1. The molecule has 120 valence electrons. The highest BCUT2D eigenvalue weighted by atomic mass is 16.4. The number of nitrogen functional groups attached to an aromatic ring is 1. The minimum absolute atomic E-state index is 0.323. The van der Waals surface area contributed by atoms with Gasteiger partial charge in [-0.2, -0.15) is 0 Å². The van der Waals surface area contributed by atoms with Gasteiger partial charge in [0.25, 0.3) is 0 Å². The highest BCUT2D eigenvalue weighted by Crippen LogP contribution is 2.23. The first-order valence-corrected chi connectivity index (χ1v) is 8.53. The van der Waals surface area contributed by atoms with Crippen molar-refractivity contribution < 1.29 is 4.42 Å². The molecule has 2 aromatic rings. The Bertz CT molecular complexity index is 645.